The second kappa shape index (κ2) is 10.2. The van der Waals surface area contributed by atoms with E-state index in [1.807, 2.05) is 39.0 Å². The molecule has 2 rings (SSSR count). The van der Waals surface area contributed by atoms with Gasteiger partial charge in [0.1, 0.15) is 36.6 Å². The van der Waals surface area contributed by atoms with Gasteiger partial charge in [-0.25, -0.2) is 0 Å². The van der Waals surface area contributed by atoms with Crippen LogP contribution in [-0.2, 0) is 10.9 Å². The SMILES string of the molecule is CCOc1ccc(OCC(COc2ccc(C(F)(F)F)cc2)OCC)cc1C. The number of rotatable bonds is 10. The summed E-state index contributed by atoms with van der Waals surface area (Å²) in [5.74, 6) is 1.83. The van der Waals surface area contributed by atoms with E-state index >= 15 is 0 Å². The predicted molar refractivity (Wildman–Crippen MR) is 100 cm³/mol. The van der Waals surface area contributed by atoms with Crippen LogP contribution in [0.25, 0.3) is 0 Å². The molecule has 2 aromatic carbocycles. The Morgan fingerprint density at radius 2 is 1.43 bits per heavy atom. The maximum absolute atomic E-state index is 12.6. The fraction of sp³-hybridized carbons (Fsp3) is 0.429. The van der Waals surface area contributed by atoms with E-state index in [-0.39, 0.29) is 19.3 Å². The fourth-order valence-electron chi connectivity index (χ4n) is 2.53. The smallest absolute Gasteiger partial charge is 0.416 e. The first kappa shape index (κ1) is 21.9. The Balaban J connectivity index is 1.90. The summed E-state index contributed by atoms with van der Waals surface area (Å²) in [7, 11) is 0. The van der Waals surface area contributed by atoms with Crippen LogP contribution in [0.15, 0.2) is 42.5 Å². The minimum atomic E-state index is -4.37. The van der Waals surface area contributed by atoms with Crippen LogP contribution in [0.1, 0.15) is 25.0 Å². The number of benzene rings is 2. The van der Waals surface area contributed by atoms with Crippen molar-refractivity contribution in [2.24, 2.45) is 0 Å². The van der Waals surface area contributed by atoms with Crippen LogP contribution < -0.4 is 14.2 Å². The number of alkyl halides is 3. The summed E-state index contributed by atoms with van der Waals surface area (Å²) in [6.45, 7) is 7.18. The molecule has 1 atom stereocenters. The van der Waals surface area contributed by atoms with Gasteiger partial charge >= 0.3 is 6.18 Å². The summed E-state index contributed by atoms with van der Waals surface area (Å²) >= 11 is 0. The van der Waals surface area contributed by atoms with Gasteiger partial charge in [0.2, 0.25) is 0 Å². The molecule has 0 bridgehead atoms. The monoisotopic (exact) mass is 398 g/mol. The Morgan fingerprint density at radius 1 is 0.821 bits per heavy atom. The molecule has 0 amide bonds. The van der Waals surface area contributed by atoms with Gasteiger partial charge in [0, 0.05) is 6.61 Å². The van der Waals surface area contributed by atoms with E-state index in [9.17, 15) is 13.2 Å². The molecule has 0 aromatic heterocycles. The first-order valence-electron chi connectivity index (χ1n) is 9.11. The molecule has 0 fully saturated rings. The van der Waals surface area contributed by atoms with Crippen molar-refractivity contribution in [3.05, 3.63) is 53.6 Å². The fourth-order valence-corrected chi connectivity index (χ4v) is 2.53. The average molecular weight is 398 g/mol. The molecular formula is C21H25F3O4. The normalized spacial score (nSPS) is 12.5. The summed E-state index contributed by atoms with van der Waals surface area (Å²) in [5.41, 5.74) is 0.253. The summed E-state index contributed by atoms with van der Waals surface area (Å²) < 4.78 is 60.3. The number of aryl methyl sites for hydroxylation is 1. The van der Waals surface area contributed by atoms with E-state index in [0.717, 1.165) is 23.4 Å². The highest BCUT2D eigenvalue weighted by molar-refractivity contribution is 5.39. The molecule has 0 heterocycles. The van der Waals surface area contributed by atoms with Crippen molar-refractivity contribution < 1.29 is 32.1 Å². The molecule has 0 N–H and O–H groups in total. The Bertz CT molecular complexity index is 729. The molecule has 0 aliphatic rings. The lowest BCUT2D eigenvalue weighted by molar-refractivity contribution is -0.137. The molecule has 2 aromatic rings. The molecular weight excluding hydrogens is 373 g/mol. The zero-order valence-electron chi connectivity index (χ0n) is 16.2. The van der Waals surface area contributed by atoms with E-state index < -0.39 is 11.7 Å². The van der Waals surface area contributed by atoms with Crippen LogP contribution in [0.4, 0.5) is 13.2 Å². The van der Waals surface area contributed by atoms with Gasteiger partial charge in [-0.3, -0.25) is 0 Å². The number of hydrogen-bond acceptors (Lipinski definition) is 4. The van der Waals surface area contributed by atoms with E-state index in [2.05, 4.69) is 0 Å². The van der Waals surface area contributed by atoms with Crippen molar-refractivity contribution in [3.8, 4) is 17.2 Å². The lowest BCUT2D eigenvalue weighted by atomic mass is 10.2. The highest BCUT2D eigenvalue weighted by atomic mass is 19.4. The molecule has 0 aliphatic carbocycles. The number of hydrogen-bond donors (Lipinski definition) is 0. The number of ether oxygens (including phenoxy) is 4. The maximum Gasteiger partial charge on any atom is 0.416 e. The minimum Gasteiger partial charge on any atom is -0.494 e. The molecule has 0 aliphatic heterocycles. The molecule has 4 nitrogen and oxygen atoms in total. The summed E-state index contributed by atoms with van der Waals surface area (Å²) in [6.07, 6.45) is -4.73. The van der Waals surface area contributed by atoms with Crippen molar-refractivity contribution in [2.75, 3.05) is 26.4 Å². The molecule has 0 saturated heterocycles. The zero-order valence-corrected chi connectivity index (χ0v) is 16.2. The quantitative estimate of drug-likeness (QED) is 0.546. The van der Waals surface area contributed by atoms with Crippen LogP contribution in [-0.4, -0.2) is 32.5 Å². The Morgan fingerprint density at radius 3 is 1.96 bits per heavy atom. The zero-order chi connectivity index (χ0) is 20.6. The second-order valence-electron chi connectivity index (χ2n) is 6.08. The maximum atomic E-state index is 12.6. The standard InChI is InChI=1S/C21H25F3O4/c1-4-25-19(13-27-17-8-6-16(7-9-17)21(22,23)24)14-28-18-10-11-20(26-5-2)15(3)12-18/h6-12,19H,4-5,13-14H2,1-3H3. The minimum absolute atomic E-state index is 0.162. The van der Waals surface area contributed by atoms with Crippen molar-refractivity contribution in [1.82, 2.24) is 0 Å². The first-order chi connectivity index (χ1) is 13.3. The van der Waals surface area contributed by atoms with Gasteiger partial charge in [0.15, 0.2) is 0 Å². The van der Waals surface area contributed by atoms with Gasteiger partial charge < -0.3 is 18.9 Å². The molecule has 154 valence electrons. The van der Waals surface area contributed by atoms with E-state index in [4.69, 9.17) is 18.9 Å². The van der Waals surface area contributed by atoms with Gasteiger partial charge in [-0.1, -0.05) is 0 Å². The largest absolute Gasteiger partial charge is 0.494 e. The highest BCUT2D eigenvalue weighted by Crippen LogP contribution is 2.30. The van der Waals surface area contributed by atoms with E-state index in [1.165, 1.54) is 12.1 Å². The molecule has 7 heteroatoms. The van der Waals surface area contributed by atoms with Gasteiger partial charge in [0.25, 0.3) is 0 Å². The van der Waals surface area contributed by atoms with Crippen molar-refractivity contribution >= 4 is 0 Å². The van der Waals surface area contributed by atoms with Crippen molar-refractivity contribution in [3.63, 3.8) is 0 Å². The first-order valence-corrected chi connectivity index (χ1v) is 9.11. The molecule has 0 radical (unpaired) electrons. The summed E-state index contributed by atoms with van der Waals surface area (Å²) in [5, 5.41) is 0. The number of halogens is 3. The highest BCUT2D eigenvalue weighted by Gasteiger charge is 2.30. The Kier molecular flexibility index (Phi) is 7.99. The molecule has 28 heavy (non-hydrogen) atoms. The van der Waals surface area contributed by atoms with Crippen molar-refractivity contribution in [1.29, 1.82) is 0 Å². The third-order valence-electron chi connectivity index (χ3n) is 3.90. The summed E-state index contributed by atoms with van der Waals surface area (Å²) in [4.78, 5) is 0. The third kappa shape index (κ3) is 6.64. The molecule has 0 saturated carbocycles. The predicted octanol–water partition coefficient (Wildman–Crippen LogP) is 5.28. The topological polar surface area (TPSA) is 36.9 Å². The van der Waals surface area contributed by atoms with Crippen LogP contribution in [0, 0.1) is 6.92 Å². The Labute approximate surface area is 163 Å². The second-order valence-corrected chi connectivity index (χ2v) is 6.08. The van der Waals surface area contributed by atoms with Gasteiger partial charge in [0.05, 0.1) is 12.2 Å². The van der Waals surface area contributed by atoms with Crippen LogP contribution in [0.5, 0.6) is 17.2 Å². The van der Waals surface area contributed by atoms with Crippen molar-refractivity contribution in [2.45, 2.75) is 33.1 Å². The average Bonchev–Trinajstić information content (AvgIpc) is 2.66. The van der Waals surface area contributed by atoms with Gasteiger partial charge in [-0.2, -0.15) is 13.2 Å². The van der Waals surface area contributed by atoms with Crippen LogP contribution in [0.3, 0.4) is 0 Å². The van der Waals surface area contributed by atoms with Crippen LogP contribution in [0.2, 0.25) is 0 Å². The van der Waals surface area contributed by atoms with E-state index in [0.29, 0.717) is 24.7 Å². The summed E-state index contributed by atoms with van der Waals surface area (Å²) in [6, 6.07) is 10.1. The lowest BCUT2D eigenvalue weighted by Gasteiger charge is -2.19. The Hall–Kier alpha value is -2.41. The third-order valence-corrected chi connectivity index (χ3v) is 3.90. The van der Waals surface area contributed by atoms with Gasteiger partial charge in [-0.05, 0) is 68.8 Å². The molecule has 1 unspecified atom stereocenters. The van der Waals surface area contributed by atoms with Crippen LogP contribution >= 0.6 is 0 Å². The lowest BCUT2D eigenvalue weighted by Crippen LogP contribution is -2.28. The van der Waals surface area contributed by atoms with E-state index in [1.54, 1.807) is 0 Å². The van der Waals surface area contributed by atoms with Gasteiger partial charge in [-0.15, -0.1) is 0 Å². The molecule has 0 spiro atoms.